The Morgan fingerprint density at radius 2 is 2.00 bits per heavy atom. The molecule has 144 valence electrons. The number of para-hydroxylation sites is 1. The van der Waals surface area contributed by atoms with Gasteiger partial charge in [0.25, 0.3) is 0 Å². The predicted molar refractivity (Wildman–Crippen MR) is 114 cm³/mol. The van der Waals surface area contributed by atoms with Crippen LogP contribution < -0.4 is 4.90 Å². The van der Waals surface area contributed by atoms with Crippen molar-refractivity contribution >= 4 is 23.4 Å². The lowest BCUT2D eigenvalue weighted by atomic mass is 10.1. The van der Waals surface area contributed by atoms with Crippen LogP contribution in [-0.4, -0.2) is 32.4 Å². The van der Waals surface area contributed by atoms with Gasteiger partial charge in [-0.3, -0.25) is 9.89 Å². The van der Waals surface area contributed by atoms with Crippen LogP contribution >= 0.6 is 11.8 Å². The van der Waals surface area contributed by atoms with Crippen molar-refractivity contribution < 1.29 is 4.79 Å². The van der Waals surface area contributed by atoms with Gasteiger partial charge >= 0.3 is 0 Å². The van der Waals surface area contributed by atoms with Crippen molar-refractivity contribution in [1.29, 1.82) is 0 Å². The van der Waals surface area contributed by atoms with Gasteiger partial charge in [0.1, 0.15) is 0 Å². The van der Waals surface area contributed by atoms with E-state index in [1.54, 1.807) is 0 Å². The number of thioether (sulfide) groups is 1. The molecule has 0 unspecified atom stereocenters. The predicted octanol–water partition coefficient (Wildman–Crippen LogP) is 4.49. The molecule has 28 heavy (non-hydrogen) atoms. The molecule has 1 aromatic heterocycles. The van der Waals surface area contributed by atoms with Crippen molar-refractivity contribution in [2.24, 2.45) is 0 Å². The number of fused-ring (bicyclic) bond motifs is 1. The van der Waals surface area contributed by atoms with Crippen LogP contribution in [0.2, 0.25) is 0 Å². The van der Waals surface area contributed by atoms with Crippen molar-refractivity contribution in [2.75, 3.05) is 4.90 Å². The Morgan fingerprint density at radius 3 is 2.75 bits per heavy atom. The van der Waals surface area contributed by atoms with Crippen molar-refractivity contribution in [3.05, 3.63) is 59.7 Å². The van der Waals surface area contributed by atoms with Gasteiger partial charge in [0.05, 0.1) is 5.25 Å². The van der Waals surface area contributed by atoms with E-state index in [0.717, 1.165) is 29.9 Å². The van der Waals surface area contributed by atoms with Crippen LogP contribution in [0.3, 0.4) is 0 Å². The monoisotopic (exact) mass is 392 g/mol. The highest BCUT2D eigenvalue weighted by molar-refractivity contribution is 8.00. The van der Waals surface area contributed by atoms with E-state index in [2.05, 4.69) is 47.2 Å². The first kappa shape index (κ1) is 18.7. The molecule has 0 spiro atoms. The van der Waals surface area contributed by atoms with Gasteiger partial charge in [-0.25, -0.2) is 4.98 Å². The zero-order valence-corrected chi connectivity index (χ0v) is 17.2. The Morgan fingerprint density at radius 1 is 1.25 bits per heavy atom. The van der Waals surface area contributed by atoms with E-state index in [-0.39, 0.29) is 17.2 Å². The first-order chi connectivity index (χ1) is 13.6. The summed E-state index contributed by atoms with van der Waals surface area (Å²) >= 11 is 1.39. The molecular weight excluding hydrogens is 368 g/mol. The van der Waals surface area contributed by atoms with Crippen LogP contribution in [0.25, 0.3) is 11.4 Å². The molecule has 2 atom stereocenters. The number of nitrogens with zero attached hydrogens (tertiary/aromatic N) is 3. The minimum absolute atomic E-state index is 0.0982. The Bertz CT molecular complexity index is 982. The number of hydrogen-bond acceptors (Lipinski definition) is 4. The van der Waals surface area contributed by atoms with E-state index in [4.69, 9.17) is 0 Å². The molecule has 1 aliphatic rings. The molecule has 6 heteroatoms. The van der Waals surface area contributed by atoms with Gasteiger partial charge in [-0.15, -0.1) is 5.10 Å². The lowest BCUT2D eigenvalue weighted by molar-refractivity contribution is -0.118. The van der Waals surface area contributed by atoms with E-state index in [9.17, 15) is 4.79 Å². The fourth-order valence-corrected chi connectivity index (χ4v) is 4.41. The second kappa shape index (κ2) is 7.80. The standard InChI is InChI=1S/C22H24N4OS/c1-4-16-9-11-17(12-10-16)20-23-22(25-24-20)28-15(3)21(27)26-14(2)13-18-7-5-6-8-19(18)26/h5-12,14-15H,4,13H2,1-3H3,(H,23,24,25)/t14-,15-/m1/s1. The molecule has 0 saturated heterocycles. The number of aryl methyl sites for hydroxylation is 1. The summed E-state index contributed by atoms with van der Waals surface area (Å²) < 4.78 is 0. The van der Waals surface area contributed by atoms with E-state index in [0.29, 0.717) is 5.16 Å². The third kappa shape index (κ3) is 3.56. The zero-order chi connectivity index (χ0) is 19.7. The maximum Gasteiger partial charge on any atom is 0.240 e. The van der Waals surface area contributed by atoms with Crippen molar-refractivity contribution in [2.45, 2.75) is 50.1 Å². The molecule has 0 aliphatic carbocycles. The van der Waals surface area contributed by atoms with Crippen LogP contribution in [0.4, 0.5) is 5.69 Å². The summed E-state index contributed by atoms with van der Waals surface area (Å²) in [6.07, 6.45) is 1.91. The number of amides is 1. The highest BCUT2D eigenvalue weighted by atomic mass is 32.2. The number of benzene rings is 2. The SMILES string of the molecule is CCc1ccc(-c2nc(S[C@H](C)C(=O)N3c4ccccc4C[C@H]3C)n[nH]2)cc1. The largest absolute Gasteiger partial charge is 0.308 e. The van der Waals surface area contributed by atoms with Crippen LogP contribution in [0.5, 0.6) is 0 Å². The molecule has 5 nitrogen and oxygen atoms in total. The van der Waals surface area contributed by atoms with Crippen LogP contribution in [0, 0.1) is 0 Å². The average molecular weight is 393 g/mol. The number of carbonyl (C=O) groups excluding carboxylic acids is 1. The van der Waals surface area contributed by atoms with Crippen LogP contribution in [0.1, 0.15) is 31.9 Å². The summed E-state index contributed by atoms with van der Waals surface area (Å²) in [5.74, 6) is 0.825. The van der Waals surface area contributed by atoms with E-state index in [1.165, 1.54) is 22.9 Å². The maximum atomic E-state index is 13.1. The van der Waals surface area contributed by atoms with Crippen LogP contribution in [-0.2, 0) is 17.6 Å². The molecule has 1 amide bonds. The summed E-state index contributed by atoms with van der Waals surface area (Å²) in [6.45, 7) is 6.16. The number of anilines is 1. The molecule has 2 aromatic carbocycles. The molecule has 0 saturated carbocycles. The lowest BCUT2D eigenvalue weighted by Crippen LogP contribution is -2.40. The Balaban J connectivity index is 1.47. The molecule has 4 rings (SSSR count). The lowest BCUT2D eigenvalue weighted by Gasteiger charge is -2.25. The van der Waals surface area contributed by atoms with Gasteiger partial charge in [-0.05, 0) is 43.9 Å². The molecule has 1 N–H and O–H groups in total. The van der Waals surface area contributed by atoms with Gasteiger partial charge in [-0.1, -0.05) is 61.2 Å². The fraction of sp³-hybridized carbons (Fsp3) is 0.318. The Hall–Kier alpha value is -2.60. The highest BCUT2D eigenvalue weighted by Gasteiger charge is 2.33. The number of carbonyl (C=O) groups is 1. The van der Waals surface area contributed by atoms with Gasteiger partial charge in [0.2, 0.25) is 11.1 Å². The second-order valence-electron chi connectivity index (χ2n) is 7.17. The average Bonchev–Trinajstić information content (AvgIpc) is 3.31. The van der Waals surface area contributed by atoms with E-state index < -0.39 is 0 Å². The quantitative estimate of drug-likeness (QED) is 0.650. The molecular formula is C22H24N4OS. The maximum absolute atomic E-state index is 13.1. The van der Waals surface area contributed by atoms with E-state index >= 15 is 0 Å². The normalized spacial score (nSPS) is 16.8. The van der Waals surface area contributed by atoms with Crippen LogP contribution in [0.15, 0.2) is 53.7 Å². The third-order valence-corrected chi connectivity index (χ3v) is 6.12. The first-order valence-corrected chi connectivity index (χ1v) is 10.5. The highest BCUT2D eigenvalue weighted by Crippen LogP contribution is 2.34. The number of nitrogens with one attached hydrogen (secondary N) is 1. The summed E-state index contributed by atoms with van der Waals surface area (Å²) in [4.78, 5) is 19.6. The first-order valence-electron chi connectivity index (χ1n) is 9.66. The minimum atomic E-state index is -0.264. The fourth-order valence-electron chi connectivity index (χ4n) is 3.63. The molecule has 0 bridgehead atoms. The Kier molecular flexibility index (Phi) is 5.22. The van der Waals surface area contributed by atoms with Crippen molar-refractivity contribution in [3.8, 4) is 11.4 Å². The number of rotatable bonds is 5. The zero-order valence-electron chi connectivity index (χ0n) is 16.3. The van der Waals surface area contributed by atoms with E-state index in [1.807, 2.05) is 42.2 Å². The topological polar surface area (TPSA) is 61.9 Å². The van der Waals surface area contributed by atoms with Crippen molar-refractivity contribution in [1.82, 2.24) is 15.2 Å². The van der Waals surface area contributed by atoms with Gasteiger partial charge < -0.3 is 4.90 Å². The summed E-state index contributed by atoms with van der Waals surface area (Å²) in [6, 6.07) is 16.6. The molecule has 3 aromatic rings. The number of H-pyrrole nitrogens is 1. The van der Waals surface area contributed by atoms with Gasteiger partial charge in [0.15, 0.2) is 5.82 Å². The molecule has 0 radical (unpaired) electrons. The molecule has 1 aliphatic heterocycles. The van der Waals surface area contributed by atoms with Crippen molar-refractivity contribution in [3.63, 3.8) is 0 Å². The second-order valence-corrected chi connectivity index (χ2v) is 8.48. The summed E-state index contributed by atoms with van der Waals surface area (Å²) in [5, 5.41) is 7.62. The Labute approximate surface area is 169 Å². The molecule has 0 fully saturated rings. The molecule has 2 heterocycles. The third-order valence-electron chi connectivity index (χ3n) is 5.18. The number of aromatic amines is 1. The summed E-state index contributed by atoms with van der Waals surface area (Å²) in [7, 11) is 0. The van der Waals surface area contributed by atoms with Gasteiger partial charge in [0, 0.05) is 17.3 Å². The number of hydrogen-bond donors (Lipinski definition) is 1. The number of aromatic nitrogens is 3. The minimum Gasteiger partial charge on any atom is -0.308 e. The smallest absolute Gasteiger partial charge is 0.240 e. The summed E-state index contributed by atoms with van der Waals surface area (Å²) in [5.41, 5.74) is 4.55. The van der Waals surface area contributed by atoms with Gasteiger partial charge in [-0.2, -0.15) is 0 Å².